The maximum absolute atomic E-state index is 14.2. The van der Waals surface area contributed by atoms with Gasteiger partial charge in [-0.2, -0.15) is 4.98 Å². The minimum Gasteiger partial charge on any atom is -0.384 e. The van der Waals surface area contributed by atoms with Crippen molar-refractivity contribution in [3.8, 4) is 11.3 Å². The summed E-state index contributed by atoms with van der Waals surface area (Å²) in [6.07, 6.45) is 1.62. The molecule has 0 amide bonds. The number of benzene rings is 2. The number of nitrogens with two attached hydrogens (primary N) is 1. The highest BCUT2D eigenvalue weighted by Crippen LogP contribution is 2.31. The lowest BCUT2D eigenvalue weighted by Gasteiger charge is -2.05. The zero-order valence-electron chi connectivity index (χ0n) is 14.3. The number of rotatable bonds is 4. The van der Waals surface area contributed by atoms with Crippen LogP contribution in [0.5, 0.6) is 0 Å². The van der Waals surface area contributed by atoms with Crippen molar-refractivity contribution in [1.29, 1.82) is 0 Å². The highest BCUT2D eigenvalue weighted by atomic mass is 19.1. The number of hydrogen-bond donors (Lipinski definition) is 3. The number of aromatic nitrogens is 3. The van der Waals surface area contributed by atoms with Crippen molar-refractivity contribution in [3.63, 3.8) is 0 Å². The predicted octanol–water partition coefficient (Wildman–Crippen LogP) is 4.27. The summed E-state index contributed by atoms with van der Waals surface area (Å²) in [5.41, 5.74) is 10.1. The number of aryl methyl sites for hydroxylation is 1. The van der Waals surface area contributed by atoms with E-state index in [4.69, 9.17) is 5.73 Å². The molecule has 0 bridgehead atoms. The van der Waals surface area contributed by atoms with Gasteiger partial charge in [-0.25, -0.2) is 9.37 Å². The molecule has 4 N–H and O–H groups in total. The van der Waals surface area contributed by atoms with Crippen LogP contribution < -0.4 is 11.1 Å². The molecule has 26 heavy (non-hydrogen) atoms. The van der Waals surface area contributed by atoms with E-state index in [-0.39, 0.29) is 5.82 Å². The lowest BCUT2D eigenvalue weighted by molar-refractivity contribution is 0.631. The summed E-state index contributed by atoms with van der Waals surface area (Å²) in [7, 11) is 0. The van der Waals surface area contributed by atoms with Gasteiger partial charge in [0.2, 0.25) is 5.95 Å². The Kier molecular flexibility index (Phi) is 4.01. The Morgan fingerprint density at radius 3 is 2.81 bits per heavy atom. The molecule has 0 aliphatic carbocycles. The number of halogens is 1. The van der Waals surface area contributed by atoms with Crippen LogP contribution in [0.3, 0.4) is 0 Å². The first kappa shape index (κ1) is 16.1. The molecule has 5 nitrogen and oxygen atoms in total. The van der Waals surface area contributed by atoms with Crippen molar-refractivity contribution in [2.24, 2.45) is 0 Å². The van der Waals surface area contributed by atoms with Gasteiger partial charge < -0.3 is 16.0 Å². The van der Waals surface area contributed by atoms with Crippen LogP contribution in [0.4, 0.5) is 16.2 Å². The minimum absolute atomic E-state index is 0.233. The Bertz CT molecular complexity index is 1090. The van der Waals surface area contributed by atoms with E-state index in [0.717, 1.165) is 27.7 Å². The average molecular weight is 347 g/mol. The Labute approximate surface area is 150 Å². The van der Waals surface area contributed by atoms with Crippen LogP contribution in [-0.2, 0) is 6.54 Å². The Morgan fingerprint density at radius 2 is 2.00 bits per heavy atom. The van der Waals surface area contributed by atoms with Gasteiger partial charge in [-0.1, -0.05) is 18.2 Å². The molecule has 2 aromatic heterocycles. The highest BCUT2D eigenvalue weighted by Gasteiger charge is 2.13. The Morgan fingerprint density at radius 1 is 1.15 bits per heavy atom. The number of aromatic amines is 1. The van der Waals surface area contributed by atoms with Crippen LogP contribution in [0.1, 0.15) is 11.1 Å². The molecule has 0 radical (unpaired) electrons. The molecule has 2 heterocycles. The number of nitrogen functional groups attached to an aromatic ring is 1. The number of H-pyrrole nitrogens is 1. The molecule has 0 fully saturated rings. The SMILES string of the molecule is Cc1c(-c2ccccc2F)[nH]c2ccc(CNc3nccc(N)n3)cc12. The van der Waals surface area contributed by atoms with Gasteiger partial charge >= 0.3 is 0 Å². The summed E-state index contributed by atoms with van der Waals surface area (Å²) in [5.74, 6) is 0.680. The molecule has 0 spiro atoms. The van der Waals surface area contributed by atoms with E-state index in [9.17, 15) is 4.39 Å². The van der Waals surface area contributed by atoms with E-state index in [0.29, 0.717) is 23.9 Å². The molecular weight excluding hydrogens is 329 g/mol. The van der Waals surface area contributed by atoms with Gasteiger partial charge in [-0.15, -0.1) is 0 Å². The van der Waals surface area contributed by atoms with Crippen molar-refractivity contribution < 1.29 is 4.39 Å². The van der Waals surface area contributed by atoms with Gasteiger partial charge in [0.1, 0.15) is 11.6 Å². The normalized spacial score (nSPS) is 11.0. The summed E-state index contributed by atoms with van der Waals surface area (Å²) in [6, 6.07) is 14.5. The molecule has 6 heteroatoms. The van der Waals surface area contributed by atoms with Gasteiger partial charge in [-0.05, 0) is 48.4 Å². The van der Waals surface area contributed by atoms with Gasteiger partial charge in [0.15, 0.2) is 0 Å². The molecule has 0 aliphatic rings. The van der Waals surface area contributed by atoms with E-state index in [2.05, 4.69) is 26.3 Å². The van der Waals surface area contributed by atoms with Crippen molar-refractivity contribution in [2.45, 2.75) is 13.5 Å². The molecule has 0 aliphatic heterocycles. The fourth-order valence-corrected chi connectivity index (χ4v) is 3.06. The summed E-state index contributed by atoms with van der Waals surface area (Å²) in [4.78, 5) is 11.6. The van der Waals surface area contributed by atoms with Crippen LogP contribution in [0, 0.1) is 12.7 Å². The summed E-state index contributed by atoms with van der Waals surface area (Å²) < 4.78 is 14.2. The maximum Gasteiger partial charge on any atom is 0.224 e. The zero-order valence-corrected chi connectivity index (χ0v) is 14.3. The minimum atomic E-state index is -0.233. The molecule has 0 atom stereocenters. The first-order valence-corrected chi connectivity index (χ1v) is 8.30. The van der Waals surface area contributed by atoms with Crippen LogP contribution in [0.15, 0.2) is 54.7 Å². The number of fused-ring (bicyclic) bond motifs is 1. The molecule has 4 rings (SSSR count). The van der Waals surface area contributed by atoms with Crippen molar-refractivity contribution in [2.75, 3.05) is 11.1 Å². The van der Waals surface area contributed by atoms with E-state index in [1.807, 2.05) is 25.1 Å². The maximum atomic E-state index is 14.2. The van der Waals surface area contributed by atoms with Crippen LogP contribution in [0.2, 0.25) is 0 Å². The van der Waals surface area contributed by atoms with Crippen molar-refractivity contribution in [1.82, 2.24) is 15.0 Å². The second kappa shape index (κ2) is 6.48. The highest BCUT2D eigenvalue weighted by molar-refractivity contribution is 5.91. The van der Waals surface area contributed by atoms with Crippen molar-refractivity contribution >= 4 is 22.7 Å². The fraction of sp³-hybridized carbons (Fsp3) is 0.100. The summed E-state index contributed by atoms with van der Waals surface area (Å²) in [6.45, 7) is 2.57. The zero-order chi connectivity index (χ0) is 18.1. The lowest BCUT2D eigenvalue weighted by atomic mass is 10.0. The molecule has 0 unspecified atom stereocenters. The Balaban J connectivity index is 1.65. The fourth-order valence-electron chi connectivity index (χ4n) is 3.06. The number of nitrogens with one attached hydrogen (secondary N) is 2. The van der Waals surface area contributed by atoms with E-state index < -0.39 is 0 Å². The third-order valence-electron chi connectivity index (χ3n) is 4.39. The Hall–Kier alpha value is -3.41. The molecular formula is C20H18FN5. The molecule has 0 saturated heterocycles. The largest absolute Gasteiger partial charge is 0.384 e. The van der Waals surface area contributed by atoms with Crippen LogP contribution >= 0.6 is 0 Å². The quantitative estimate of drug-likeness (QED) is 0.515. The monoisotopic (exact) mass is 347 g/mol. The smallest absolute Gasteiger partial charge is 0.224 e. The topological polar surface area (TPSA) is 79.6 Å². The van der Waals surface area contributed by atoms with Crippen LogP contribution in [0.25, 0.3) is 22.2 Å². The molecule has 4 aromatic rings. The van der Waals surface area contributed by atoms with Crippen molar-refractivity contribution in [3.05, 3.63) is 71.7 Å². The lowest BCUT2D eigenvalue weighted by Crippen LogP contribution is -2.04. The number of hydrogen-bond acceptors (Lipinski definition) is 4. The van der Waals surface area contributed by atoms with Gasteiger partial charge in [0.25, 0.3) is 0 Å². The molecule has 0 saturated carbocycles. The summed E-state index contributed by atoms with van der Waals surface area (Å²) in [5, 5.41) is 4.23. The van der Waals surface area contributed by atoms with Gasteiger partial charge in [0.05, 0.1) is 5.69 Å². The van der Waals surface area contributed by atoms with Crippen LogP contribution in [-0.4, -0.2) is 15.0 Å². The van der Waals surface area contributed by atoms with E-state index >= 15 is 0 Å². The second-order valence-electron chi connectivity index (χ2n) is 6.14. The average Bonchev–Trinajstić information content (AvgIpc) is 2.97. The van der Waals surface area contributed by atoms with E-state index in [1.165, 1.54) is 6.07 Å². The number of anilines is 2. The molecule has 2 aromatic carbocycles. The standard InChI is InChI=1S/C20H18FN5/c1-12-15-10-13(11-24-20-23-9-8-18(22)26-20)6-7-17(15)25-19(12)14-4-2-3-5-16(14)21/h2-10,25H,11H2,1H3,(H3,22,23,24,26). The van der Waals surface area contributed by atoms with E-state index in [1.54, 1.807) is 24.4 Å². The first-order chi connectivity index (χ1) is 12.6. The summed E-state index contributed by atoms with van der Waals surface area (Å²) >= 11 is 0. The number of nitrogens with zero attached hydrogens (tertiary/aromatic N) is 2. The molecule has 130 valence electrons. The van der Waals surface area contributed by atoms with Gasteiger partial charge in [-0.3, -0.25) is 0 Å². The third kappa shape index (κ3) is 2.97. The predicted molar refractivity (Wildman–Crippen MR) is 102 cm³/mol. The second-order valence-corrected chi connectivity index (χ2v) is 6.14. The third-order valence-corrected chi connectivity index (χ3v) is 4.39. The van der Waals surface area contributed by atoms with Gasteiger partial charge in [0, 0.05) is 29.2 Å². The first-order valence-electron chi connectivity index (χ1n) is 8.30.